The molecule has 2 aromatic rings. The molecule has 94 valence electrons. The van der Waals surface area contributed by atoms with Crippen molar-refractivity contribution >= 4 is 28.6 Å². The number of hydrogen-bond donors (Lipinski definition) is 1. The minimum absolute atomic E-state index is 0.200. The molecule has 0 saturated heterocycles. The first-order valence-corrected chi connectivity index (χ1v) is 7.54. The normalized spacial score (nSPS) is 15.2. The number of carbonyl (C=O) groups excluding carboxylic acids is 1. The Morgan fingerprint density at radius 1 is 1.50 bits per heavy atom. The number of hydrogen-bond acceptors (Lipinski definition) is 3. The van der Waals surface area contributed by atoms with Crippen molar-refractivity contribution in [1.82, 2.24) is 9.97 Å². The average molecular weight is 260 g/mol. The molecule has 0 amide bonds. The van der Waals surface area contributed by atoms with Gasteiger partial charge in [-0.25, -0.2) is 4.98 Å². The van der Waals surface area contributed by atoms with Crippen molar-refractivity contribution in [3.8, 4) is 0 Å². The zero-order valence-electron chi connectivity index (χ0n) is 10.4. The first-order valence-electron chi connectivity index (χ1n) is 6.38. The number of H-pyrrole nitrogens is 1. The zero-order chi connectivity index (χ0) is 12.5. The molecule has 3 nitrogen and oxygen atoms in total. The lowest BCUT2D eigenvalue weighted by atomic mass is 10.1. The van der Waals surface area contributed by atoms with Crippen LogP contribution in [0.5, 0.6) is 0 Å². The Kier molecular flexibility index (Phi) is 3.12. The molecule has 0 unspecified atom stereocenters. The van der Waals surface area contributed by atoms with Crippen LogP contribution in [0.1, 0.15) is 41.9 Å². The van der Waals surface area contributed by atoms with Crippen molar-refractivity contribution in [2.75, 3.05) is 11.5 Å². The Balaban J connectivity index is 1.87. The van der Waals surface area contributed by atoms with Crippen molar-refractivity contribution < 1.29 is 4.79 Å². The van der Waals surface area contributed by atoms with Crippen LogP contribution in [-0.4, -0.2) is 27.3 Å². The highest BCUT2D eigenvalue weighted by atomic mass is 32.2. The molecule has 1 aliphatic rings. The van der Waals surface area contributed by atoms with E-state index >= 15 is 0 Å². The number of ketones is 1. The van der Waals surface area contributed by atoms with Crippen LogP contribution in [0.2, 0.25) is 0 Å². The molecule has 1 fully saturated rings. The highest BCUT2D eigenvalue weighted by Crippen LogP contribution is 2.39. The van der Waals surface area contributed by atoms with Crippen molar-refractivity contribution in [2.45, 2.75) is 25.7 Å². The minimum atomic E-state index is 0.200. The second-order valence-electron chi connectivity index (χ2n) is 4.69. The van der Waals surface area contributed by atoms with E-state index in [1.54, 1.807) is 11.8 Å². The highest BCUT2D eigenvalue weighted by Gasteiger charge is 2.26. The largest absolute Gasteiger partial charge is 0.342 e. The molecule has 18 heavy (non-hydrogen) atoms. The van der Waals surface area contributed by atoms with Crippen molar-refractivity contribution in [2.24, 2.45) is 0 Å². The van der Waals surface area contributed by atoms with Gasteiger partial charge in [0, 0.05) is 11.5 Å². The smallest absolute Gasteiger partial charge is 0.172 e. The van der Waals surface area contributed by atoms with Crippen LogP contribution < -0.4 is 0 Å². The van der Waals surface area contributed by atoms with Crippen LogP contribution in [0.15, 0.2) is 18.2 Å². The van der Waals surface area contributed by atoms with Crippen molar-refractivity contribution in [3.05, 3.63) is 29.6 Å². The summed E-state index contributed by atoms with van der Waals surface area (Å²) in [7, 11) is 0. The molecular formula is C14H16N2OS. The van der Waals surface area contributed by atoms with Gasteiger partial charge >= 0.3 is 0 Å². The third-order valence-electron chi connectivity index (χ3n) is 3.22. The van der Waals surface area contributed by atoms with Gasteiger partial charge < -0.3 is 4.98 Å². The van der Waals surface area contributed by atoms with E-state index in [0.29, 0.717) is 11.7 Å². The van der Waals surface area contributed by atoms with Crippen LogP contribution in [0.3, 0.4) is 0 Å². The maximum absolute atomic E-state index is 11.9. The van der Waals surface area contributed by atoms with Crippen LogP contribution in [0, 0.1) is 0 Å². The molecule has 0 spiro atoms. The second kappa shape index (κ2) is 4.76. The summed E-state index contributed by atoms with van der Waals surface area (Å²) in [5, 5.41) is 0. The summed E-state index contributed by atoms with van der Waals surface area (Å²) in [6.07, 6.45) is 2.47. The standard InChI is InChI=1S/C14H16N2OS/c1-2-18-8-13(17)10-5-6-11-12(7-10)16-14(15-11)9-3-4-9/h5-7,9H,2-4,8H2,1H3,(H,15,16). The predicted octanol–water partition coefficient (Wildman–Crippen LogP) is 3.38. The monoisotopic (exact) mass is 260 g/mol. The SMILES string of the molecule is CCSCC(=O)c1ccc2nc(C3CC3)[nH]c2c1. The van der Waals surface area contributed by atoms with Crippen LogP contribution >= 0.6 is 11.8 Å². The quantitative estimate of drug-likeness (QED) is 0.838. The fourth-order valence-electron chi connectivity index (χ4n) is 2.03. The third kappa shape index (κ3) is 2.29. The molecule has 3 rings (SSSR count). The molecule has 0 aliphatic heterocycles. The number of rotatable bonds is 5. The van der Waals surface area contributed by atoms with E-state index in [2.05, 4.69) is 16.9 Å². The number of carbonyl (C=O) groups is 1. The highest BCUT2D eigenvalue weighted by molar-refractivity contribution is 7.99. The summed E-state index contributed by atoms with van der Waals surface area (Å²) in [4.78, 5) is 19.8. The van der Waals surface area contributed by atoms with Gasteiger partial charge in [-0.05, 0) is 36.8 Å². The first-order chi connectivity index (χ1) is 8.78. The lowest BCUT2D eigenvalue weighted by Crippen LogP contribution is -2.02. The number of benzene rings is 1. The fraction of sp³-hybridized carbons (Fsp3) is 0.429. The Morgan fingerprint density at radius 2 is 2.33 bits per heavy atom. The van der Waals surface area contributed by atoms with Gasteiger partial charge in [-0.3, -0.25) is 4.79 Å². The van der Waals surface area contributed by atoms with Gasteiger partial charge in [0.1, 0.15) is 5.82 Å². The van der Waals surface area contributed by atoms with Crippen molar-refractivity contribution in [3.63, 3.8) is 0 Å². The lowest BCUT2D eigenvalue weighted by molar-refractivity contribution is 0.102. The number of aromatic amines is 1. The van der Waals surface area contributed by atoms with E-state index < -0.39 is 0 Å². The lowest BCUT2D eigenvalue weighted by Gasteiger charge is -1.99. The number of aromatic nitrogens is 2. The van der Waals surface area contributed by atoms with Gasteiger partial charge in [-0.15, -0.1) is 0 Å². The predicted molar refractivity (Wildman–Crippen MR) is 75.4 cm³/mol. The number of fused-ring (bicyclic) bond motifs is 1. The van der Waals surface area contributed by atoms with Gasteiger partial charge in [-0.2, -0.15) is 11.8 Å². The second-order valence-corrected chi connectivity index (χ2v) is 5.96. The molecule has 4 heteroatoms. The molecule has 1 saturated carbocycles. The van der Waals surface area contributed by atoms with Gasteiger partial charge in [0.05, 0.1) is 16.8 Å². The number of nitrogens with zero attached hydrogens (tertiary/aromatic N) is 1. The Morgan fingerprint density at radius 3 is 3.06 bits per heavy atom. The summed E-state index contributed by atoms with van der Waals surface area (Å²) < 4.78 is 0. The van der Waals surface area contributed by atoms with E-state index in [9.17, 15) is 4.79 Å². The Bertz CT molecular complexity index is 586. The van der Waals surface area contributed by atoms with E-state index in [-0.39, 0.29) is 5.78 Å². The van der Waals surface area contributed by atoms with Gasteiger partial charge in [0.2, 0.25) is 0 Å². The van der Waals surface area contributed by atoms with E-state index in [1.165, 1.54) is 12.8 Å². The van der Waals surface area contributed by atoms with E-state index in [1.807, 2.05) is 18.2 Å². The van der Waals surface area contributed by atoms with E-state index in [0.717, 1.165) is 28.2 Å². The molecule has 0 radical (unpaired) electrons. The molecule has 0 bridgehead atoms. The average Bonchev–Trinajstić information content (AvgIpc) is 3.15. The van der Waals surface area contributed by atoms with Gasteiger partial charge in [0.25, 0.3) is 0 Å². The number of thioether (sulfide) groups is 1. The number of imidazole rings is 1. The molecule has 1 aromatic carbocycles. The number of Topliss-reactive ketones (excluding diaryl/α,β-unsaturated/α-hetero) is 1. The summed E-state index contributed by atoms with van der Waals surface area (Å²) in [6, 6.07) is 5.77. The first kappa shape index (κ1) is 11.8. The van der Waals surface area contributed by atoms with Crippen LogP contribution in [-0.2, 0) is 0 Å². The minimum Gasteiger partial charge on any atom is -0.342 e. The summed E-state index contributed by atoms with van der Waals surface area (Å²) in [6.45, 7) is 2.07. The zero-order valence-corrected chi connectivity index (χ0v) is 11.2. The molecular weight excluding hydrogens is 244 g/mol. The molecule has 1 aliphatic carbocycles. The molecule has 1 aromatic heterocycles. The van der Waals surface area contributed by atoms with Crippen LogP contribution in [0.4, 0.5) is 0 Å². The summed E-state index contributed by atoms with van der Waals surface area (Å²) >= 11 is 1.66. The summed E-state index contributed by atoms with van der Waals surface area (Å²) in [5.41, 5.74) is 2.75. The maximum Gasteiger partial charge on any atom is 0.172 e. The number of nitrogens with one attached hydrogen (secondary N) is 1. The third-order valence-corrected chi connectivity index (χ3v) is 4.10. The molecule has 1 heterocycles. The molecule has 1 N–H and O–H groups in total. The van der Waals surface area contributed by atoms with Gasteiger partial charge in [-0.1, -0.05) is 6.92 Å². The molecule has 0 atom stereocenters. The fourth-order valence-corrected chi connectivity index (χ4v) is 2.59. The Labute approximate surface area is 110 Å². The summed E-state index contributed by atoms with van der Waals surface area (Å²) in [5.74, 6) is 3.44. The van der Waals surface area contributed by atoms with Crippen molar-refractivity contribution in [1.29, 1.82) is 0 Å². The van der Waals surface area contributed by atoms with Gasteiger partial charge in [0.15, 0.2) is 5.78 Å². The Hall–Kier alpha value is -1.29. The van der Waals surface area contributed by atoms with E-state index in [4.69, 9.17) is 0 Å². The maximum atomic E-state index is 11.9. The van der Waals surface area contributed by atoms with Crippen LogP contribution in [0.25, 0.3) is 11.0 Å². The topological polar surface area (TPSA) is 45.8 Å².